The SMILES string of the molecule is CC(C)CC(C)NC(=O)NC1COCC1(C)C(=O)O. The van der Waals surface area contributed by atoms with Gasteiger partial charge in [0.25, 0.3) is 0 Å². The normalized spacial score (nSPS) is 28.2. The monoisotopic (exact) mass is 272 g/mol. The van der Waals surface area contributed by atoms with Gasteiger partial charge in [-0.3, -0.25) is 4.79 Å². The highest BCUT2D eigenvalue weighted by Gasteiger charge is 2.47. The molecule has 19 heavy (non-hydrogen) atoms. The first kappa shape index (κ1) is 15.8. The maximum atomic E-state index is 11.8. The summed E-state index contributed by atoms with van der Waals surface area (Å²) in [6, 6.07) is -0.786. The molecule has 0 saturated carbocycles. The number of aliphatic carboxylic acids is 1. The van der Waals surface area contributed by atoms with E-state index in [1.165, 1.54) is 0 Å². The molecule has 1 rings (SSSR count). The van der Waals surface area contributed by atoms with Crippen molar-refractivity contribution in [3.63, 3.8) is 0 Å². The van der Waals surface area contributed by atoms with E-state index in [4.69, 9.17) is 4.74 Å². The van der Waals surface area contributed by atoms with Crippen molar-refractivity contribution in [2.45, 2.75) is 46.2 Å². The molecule has 1 aliphatic rings. The van der Waals surface area contributed by atoms with Crippen LogP contribution in [0.5, 0.6) is 0 Å². The summed E-state index contributed by atoms with van der Waals surface area (Å²) in [6.07, 6.45) is 0.880. The molecule has 0 bridgehead atoms. The molecule has 110 valence electrons. The van der Waals surface area contributed by atoms with Gasteiger partial charge < -0.3 is 20.5 Å². The molecule has 0 aromatic heterocycles. The van der Waals surface area contributed by atoms with E-state index in [2.05, 4.69) is 24.5 Å². The van der Waals surface area contributed by atoms with Crippen LogP contribution < -0.4 is 10.6 Å². The number of rotatable bonds is 5. The van der Waals surface area contributed by atoms with E-state index in [-0.39, 0.29) is 25.3 Å². The van der Waals surface area contributed by atoms with Crippen molar-refractivity contribution >= 4 is 12.0 Å². The molecule has 6 nitrogen and oxygen atoms in total. The maximum Gasteiger partial charge on any atom is 0.315 e. The van der Waals surface area contributed by atoms with Crippen molar-refractivity contribution in [3.8, 4) is 0 Å². The smallest absolute Gasteiger partial charge is 0.315 e. The first-order chi connectivity index (χ1) is 8.75. The third kappa shape index (κ3) is 4.09. The number of carboxylic acids is 1. The second-order valence-corrected chi connectivity index (χ2v) is 5.94. The van der Waals surface area contributed by atoms with E-state index in [9.17, 15) is 14.7 Å². The van der Waals surface area contributed by atoms with Crippen LogP contribution in [0.3, 0.4) is 0 Å². The molecule has 6 heteroatoms. The summed E-state index contributed by atoms with van der Waals surface area (Å²) in [5, 5.41) is 14.7. The summed E-state index contributed by atoms with van der Waals surface area (Å²) in [5.41, 5.74) is -1.06. The zero-order valence-corrected chi connectivity index (χ0v) is 12.0. The minimum Gasteiger partial charge on any atom is -0.481 e. The van der Waals surface area contributed by atoms with Gasteiger partial charge in [0.05, 0.1) is 19.3 Å². The third-order valence-electron chi connectivity index (χ3n) is 3.45. The summed E-state index contributed by atoms with van der Waals surface area (Å²) in [5.74, 6) is -0.458. The van der Waals surface area contributed by atoms with Gasteiger partial charge in [-0.1, -0.05) is 13.8 Å². The Morgan fingerprint density at radius 3 is 2.58 bits per heavy atom. The van der Waals surface area contributed by atoms with Crippen LogP contribution >= 0.6 is 0 Å². The van der Waals surface area contributed by atoms with Crippen LogP contribution in [0.25, 0.3) is 0 Å². The quantitative estimate of drug-likeness (QED) is 0.702. The lowest BCUT2D eigenvalue weighted by molar-refractivity contribution is -0.148. The van der Waals surface area contributed by atoms with Crippen LogP contribution in [0.1, 0.15) is 34.1 Å². The molecule has 0 aliphatic carbocycles. The number of hydrogen-bond donors (Lipinski definition) is 3. The molecule has 3 atom stereocenters. The molecule has 0 aromatic carbocycles. The Morgan fingerprint density at radius 1 is 1.42 bits per heavy atom. The number of nitrogens with one attached hydrogen (secondary N) is 2. The lowest BCUT2D eigenvalue weighted by Gasteiger charge is -2.26. The number of carboxylic acid groups (broad SMARTS) is 1. The fourth-order valence-electron chi connectivity index (χ4n) is 2.27. The summed E-state index contributed by atoms with van der Waals surface area (Å²) in [4.78, 5) is 23.1. The molecule has 1 saturated heterocycles. The minimum absolute atomic E-state index is 0.0541. The molecule has 1 fully saturated rings. The van der Waals surface area contributed by atoms with Gasteiger partial charge in [-0.15, -0.1) is 0 Å². The molecule has 1 heterocycles. The predicted molar refractivity (Wildman–Crippen MR) is 70.9 cm³/mol. The molecular weight excluding hydrogens is 248 g/mol. The average molecular weight is 272 g/mol. The van der Waals surface area contributed by atoms with Gasteiger partial charge in [0.15, 0.2) is 0 Å². The molecule has 0 spiro atoms. The van der Waals surface area contributed by atoms with Gasteiger partial charge >= 0.3 is 12.0 Å². The van der Waals surface area contributed by atoms with Crippen LogP contribution in [-0.4, -0.2) is 42.4 Å². The minimum atomic E-state index is -1.06. The van der Waals surface area contributed by atoms with Crippen molar-refractivity contribution in [2.24, 2.45) is 11.3 Å². The Bertz CT molecular complexity index is 346. The van der Waals surface area contributed by atoms with Crippen molar-refractivity contribution in [2.75, 3.05) is 13.2 Å². The molecule has 0 radical (unpaired) electrons. The Labute approximate surface area is 113 Å². The van der Waals surface area contributed by atoms with Crippen molar-refractivity contribution in [1.29, 1.82) is 0 Å². The number of ether oxygens (including phenoxy) is 1. The zero-order chi connectivity index (χ0) is 14.6. The lowest BCUT2D eigenvalue weighted by atomic mass is 9.85. The first-order valence-electron chi connectivity index (χ1n) is 6.64. The second kappa shape index (κ2) is 6.23. The molecule has 3 unspecified atom stereocenters. The highest BCUT2D eigenvalue weighted by molar-refractivity contribution is 5.79. The van der Waals surface area contributed by atoms with Crippen molar-refractivity contribution < 1.29 is 19.4 Å². The molecule has 2 amide bonds. The number of urea groups is 1. The summed E-state index contributed by atoms with van der Waals surface area (Å²) in [7, 11) is 0. The first-order valence-corrected chi connectivity index (χ1v) is 6.64. The van der Waals surface area contributed by atoms with Gasteiger partial charge in [0, 0.05) is 6.04 Å². The van der Waals surface area contributed by atoms with E-state index < -0.39 is 17.4 Å². The lowest BCUT2D eigenvalue weighted by Crippen LogP contribution is -2.53. The number of carbonyl (C=O) groups excluding carboxylic acids is 1. The van der Waals surface area contributed by atoms with Gasteiger partial charge in [-0.05, 0) is 26.2 Å². The number of hydrogen-bond acceptors (Lipinski definition) is 3. The van der Waals surface area contributed by atoms with Crippen LogP contribution in [0.4, 0.5) is 4.79 Å². The molecule has 0 aromatic rings. The van der Waals surface area contributed by atoms with E-state index in [0.717, 1.165) is 6.42 Å². The molecular formula is C13H24N2O4. The van der Waals surface area contributed by atoms with Gasteiger partial charge in [0.2, 0.25) is 0 Å². The number of amides is 2. The van der Waals surface area contributed by atoms with Gasteiger partial charge in [-0.25, -0.2) is 4.79 Å². The third-order valence-corrected chi connectivity index (χ3v) is 3.45. The average Bonchev–Trinajstić information content (AvgIpc) is 2.59. The maximum absolute atomic E-state index is 11.8. The summed E-state index contributed by atoms with van der Waals surface area (Å²) >= 11 is 0. The van der Waals surface area contributed by atoms with Crippen LogP contribution in [0, 0.1) is 11.3 Å². The van der Waals surface area contributed by atoms with Crippen molar-refractivity contribution in [1.82, 2.24) is 10.6 Å². The Morgan fingerprint density at radius 2 is 2.05 bits per heavy atom. The van der Waals surface area contributed by atoms with E-state index in [1.807, 2.05) is 6.92 Å². The highest BCUT2D eigenvalue weighted by Crippen LogP contribution is 2.28. The molecule has 3 N–H and O–H groups in total. The topological polar surface area (TPSA) is 87.7 Å². The Hall–Kier alpha value is -1.30. The zero-order valence-electron chi connectivity index (χ0n) is 12.0. The fourth-order valence-corrected chi connectivity index (χ4v) is 2.27. The number of carbonyl (C=O) groups is 2. The Kier molecular flexibility index (Phi) is 5.17. The van der Waals surface area contributed by atoms with Gasteiger partial charge in [-0.2, -0.15) is 0 Å². The highest BCUT2D eigenvalue weighted by atomic mass is 16.5. The second-order valence-electron chi connectivity index (χ2n) is 5.94. The van der Waals surface area contributed by atoms with Crippen molar-refractivity contribution in [3.05, 3.63) is 0 Å². The van der Waals surface area contributed by atoms with Crippen LogP contribution in [0.2, 0.25) is 0 Å². The fraction of sp³-hybridized carbons (Fsp3) is 0.846. The van der Waals surface area contributed by atoms with E-state index in [0.29, 0.717) is 5.92 Å². The van der Waals surface area contributed by atoms with E-state index >= 15 is 0 Å². The van der Waals surface area contributed by atoms with E-state index in [1.54, 1.807) is 6.92 Å². The van der Waals surface area contributed by atoms with Crippen LogP contribution in [0.15, 0.2) is 0 Å². The predicted octanol–water partition coefficient (Wildman–Crippen LogP) is 1.21. The van der Waals surface area contributed by atoms with Crippen LogP contribution in [-0.2, 0) is 9.53 Å². The standard InChI is InChI=1S/C13H24N2O4/c1-8(2)5-9(3)14-12(18)15-10-6-19-7-13(10,4)11(16)17/h8-10H,5-7H2,1-4H3,(H,16,17)(H2,14,15,18). The summed E-state index contributed by atoms with van der Waals surface area (Å²) in [6.45, 7) is 8.04. The largest absolute Gasteiger partial charge is 0.481 e. The summed E-state index contributed by atoms with van der Waals surface area (Å²) < 4.78 is 5.18. The van der Waals surface area contributed by atoms with Gasteiger partial charge in [0.1, 0.15) is 5.41 Å². The Balaban J connectivity index is 2.50. The molecule has 1 aliphatic heterocycles.